The number of benzene rings is 1. The molecule has 0 spiro atoms. The van der Waals surface area contributed by atoms with Crippen LogP contribution in [-0.4, -0.2) is 76.8 Å². The third kappa shape index (κ3) is 7.39. The molecule has 2 fully saturated rings. The van der Waals surface area contributed by atoms with Gasteiger partial charge in [-0.25, -0.2) is 19.2 Å². The van der Waals surface area contributed by atoms with Gasteiger partial charge in [0, 0.05) is 12.0 Å². The number of halogens is 1. The number of methoxy groups -OCH3 is 1. The molecule has 1 saturated heterocycles. The maximum Gasteiger partial charge on any atom is 0.408 e. The Hall–Kier alpha value is -3.50. The Morgan fingerprint density at radius 2 is 1.72 bits per heavy atom. The fourth-order valence-corrected chi connectivity index (χ4v) is 6.99. The van der Waals surface area contributed by atoms with Gasteiger partial charge >= 0.3 is 6.09 Å². The van der Waals surface area contributed by atoms with E-state index >= 15 is 4.39 Å². The molecule has 2 aliphatic heterocycles. The highest BCUT2D eigenvalue weighted by molar-refractivity contribution is 5.94. The maximum atomic E-state index is 16.4. The SMILES string of the molecule is COc1ccc2nc3c(nc2c1)OC1CN(C(=O)C(C(C)(C)C)NC(=O)OC2CCCCC2CCCCC3)C(C(=O)C(C)C)C1F. The van der Waals surface area contributed by atoms with E-state index in [1.54, 1.807) is 27.0 Å². The number of fused-ring (bicyclic) bond motifs is 5. The number of alkyl halides is 1. The summed E-state index contributed by atoms with van der Waals surface area (Å²) >= 11 is 0. The van der Waals surface area contributed by atoms with E-state index in [-0.39, 0.29) is 24.4 Å². The van der Waals surface area contributed by atoms with Crippen LogP contribution < -0.4 is 14.8 Å². The van der Waals surface area contributed by atoms with E-state index in [0.717, 1.165) is 51.4 Å². The van der Waals surface area contributed by atoms with Crippen molar-refractivity contribution >= 4 is 28.8 Å². The van der Waals surface area contributed by atoms with Crippen molar-refractivity contribution in [3.63, 3.8) is 0 Å². The molecule has 2 amide bonds. The van der Waals surface area contributed by atoms with Gasteiger partial charge in [0.1, 0.15) is 29.6 Å². The van der Waals surface area contributed by atoms with E-state index in [9.17, 15) is 14.4 Å². The molecule has 6 atom stereocenters. The average molecular weight is 641 g/mol. The smallest absolute Gasteiger partial charge is 0.408 e. The van der Waals surface area contributed by atoms with E-state index in [2.05, 4.69) is 5.32 Å². The number of alkyl carbamates (subject to hydrolysis) is 1. The zero-order valence-corrected chi connectivity index (χ0v) is 28.0. The molecular weight excluding hydrogens is 591 g/mol. The number of amides is 2. The molecule has 1 saturated carbocycles. The first-order chi connectivity index (χ1) is 21.9. The van der Waals surface area contributed by atoms with E-state index < -0.39 is 53.5 Å². The van der Waals surface area contributed by atoms with Crippen molar-refractivity contribution < 1.29 is 33.0 Å². The van der Waals surface area contributed by atoms with Crippen LogP contribution in [0.15, 0.2) is 18.2 Å². The van der Waals surface area contributed by atoms with Crippen LogP contribution in [0.5, 0.6) is 11.6 Å². The van der Waals surface area contributed by atoms with Gasteiger partial charge < -0.3 is 24.4 Å². The first kappa shape index (κ1) is 33.9. The van der Waals surface area contributed by atoms with E-state index in [0.29, 0.717) is 28.9 Å². The van der Waals surface area contributed by atoms with E-state index in [4.69, 9.17) is 24.2 Å². The summed E-state index contributed by atoms with van der Waals surface area (Å²) in [5.41, 5.74) is 1.07. The summed E-state index contributed by atoms with van der Waals surface area (Å²) in [6.45, 7) is 8.66. The van der Waals surface area contributed by atoms with E-state index in [1.807, 2.05) is 32.9 Å². The largest absolute Gasteiger partial charge is 0.497 e. The van der Waals surface area contributed by atoms with Crippen LogP contribution in [-0.2, 0) is 20.7 Å². The van der Waals surface area contributed by atoms with Crippen molar-refractivity contribution in [3.05, 3.63) is 23.9 Å². The second kappa shape index (κ2) is 14.1. The number of ketones is 1. The van der Waals surface area contributed by atoms with Crippen molar-refractivity contribution in [1.82, 2.24) is 20.2 Å². The standard InChI is InChI=1S/C35H49FN4O6/c1-20(2)30(41)29-28(36)27-19-40(29)33(42)31(35(3,4)5)39-34(43)46-26-15-11-10-13-21(26)12-8-7-9-14-24-32(45-27)38-25-18-22(44-6)16-17-23(25)37-24/h16-18,20-21,26-29,31H,7-15,19H2,1-6H3,(H,39,43). The number of hydrogen-bond donors (Lipinski definition) is 1. The predicted octanol–water partition coefficient (Wildman–Crippen LogP) is 5.98. The molecule has 3 heterocycles. The molecule has 252 valence electrons. The van der Waals surface area contributed by atoms with Crippen molar-refractivity contribution in [2.45, 2.75) is 123 Å². The summed E-state index contributed by atoms with van der Waals surface area (Å²) < 4.78 is 34.1. The Balaban J connectivity index is 1.55. The third-order valence-electron chi connectivity index (χ3n) is 9.64. The number of aryl methyl sites for hydroxylation is 1. The lowest BCUT2D eigenvalue weighted by atomic mass is 9.83. The van der Waals surface area contributed by atoms with Gasteiger partial charge in [-0.3, -0.25) is 9.59 Å². The molecule has 1 aromatic heterocycles. The number of nitrogens with one attached hydrogen (secondary N) is 1. The monoisotopic (exact) mass is 640 g/mol. The molecule has 3 aliphatic rings. The highest BCUT2D eigenvalue weighted by Crippen LogP contribution is 2.35. The van der Waals surface area contributed by atoms with Crippen LogP contribution >= 0.6 is 0 Å². The van der Waals surface area contributed by atoms with Crippen LogP contribution in [0.25, 0.3) is 11.0 Å². The number of Topliss-reactive ketones (excluding diaryl/α,β-unsaturated/α-hetero) is 1. The molecular formula is C35H49FN4O6. The topological polar surface area (TPSA) is 120 Å². The van der Waals surface area contributed by atoms with Crippen molar-refractivity contribution in [1.29, 1.82) is 0 Å². The number of carbonyl (C=O) groups is 3. The molecule has 2 bridgehead atoms. The molecule has 11 heteroatoms. The van der Waals surface area contributed by atoms with Gasteiger partial charge in [0.2, 0.25) is 11.8 Å². The van der Waals surface area contributed by atoms with Gasteiger partial charge in [0.05, 0.1) is 24.7 Å². The number of aromatic nitrogens is 2. The zero-order chi connectivity index (χ0) is 33.2. The zero-order valence-electron chi connectivity index (χ0n) is 28.0. The molecule has 0 radical (unpaired) electrons. The predicted molar refractivity (Wildman–Crippen MR) is 172 cm³/mol. The van der Waals surface area contributed by atoms with Crippen molar-refractivity contribution in [2.75, 3.05) is 13.7 Å². The van der Waals surface area contributed by atoms with Crippen LogP contribution in [0.1, 0.15) is 91.7 Å². The number of nitrogens with zero attached hydrogens (tertiary/aromatic N) is 3. The van der Waals surface area contributed by atoms with Crippen molar-refractivity contribution in [2.24, 2.45) is 17.3 Å². The third-order valence-corrected chi connectivity index (χ3v) is 9.64. The van der Waals surface area contributed by atoms with Crippen LogP contribution in [0.2, 0.25) is 0 Å². The Bertz CT molecular complexity index is 1430. The molecule has 1 N–H and O–H groups in total. The van der Waals surface area contributed by atoms with Crippen LogP contribution in [0.4, 0.5) is 9.18 Å². The van der Waals surface area contributed by atoms with Gasteiger partial charge in [-0.2, -0.15) is 0 Å². The fraction of sp³-hybridized carbons (Fsp3) is 0.686. The number of rotatable bonds is 3. The van der Waals surface area contributed by atoms with Gasteiger partial charge in [-0.05, 0) is 62.0 Å². The Kier molecular flexibility index (Phi) is 10.4. The summed E-state index contributed by atoms with van der Waals surface area (Å²) in [6.07, 6.45) is 4.22. The van der Waals surface area contributed by atoms with Gasteiger partial charge in [-0.15, -0.1) is 0 Å². The number of ether oxygens (including phenoxy) is 3. The summed E-state index contributed by atoms with van der Waals surface area (Å²) in [5.74, 6) is -0.444. The van der Waals surface area contributed by atoms with Crippen molar-refractivity contribution in [3.8, 4) is 11.6 Å². The van der Waals surface area contributed by atoms with Crippen LogP contribution in [0, 0.1) is 17.3 Å². The molecule has 46 heavy (non-hydrogen) atoms. The van der Waals surface area contributed by atoms with Gasteiger partial charge in [-0.1, -0.05) is 53.9 Å². The highest BCUT2D eigenvalue weighted by atomic mass is 19.1. The average Bonchev–Trinajstić information content (AvgIpc) is 3.33. The first-order valence-corrected chi connectivity index (χ1v) is 16.8. The van der Waals surface area contributed by atoms with Crippen LogP contribution in [0.3, 0.4) is 0 Å². The number of carbonyl (C=O) groups excluding carboxylic acids is 3. The number of hydrogen-bond acceptors (Lipinski definition) is 8. The lowest BCUT2D eigenvalue weighted by Gasteiger charge is -2.36. The summed E-state index contributed by atoms with van der Waals surface area (Å²) in [7, 11) is 1.57. The minimum absolute atomic E-state index is 0.186. The summed E-state index contributed by atoms with van der Waals surface area (Å²) in [4.78, 5) is 52.0. The second-order valence-electron chi connectivity index (χ2n) is 14.5. The first-order valence-electron chi connectivity index (χ1n) is 16.8. The summed E-state index contributed by atoms with van der Waals surface area (Å²) in [5, 5.41) is 2.82. The highest BCUT2D eigenvalue weighted by Gasteiger charge is 2.53. The second-order valence-corrected chi connectivity index (χ2v) is 14.5. The minimum Gasteiger partial charge on any atom is -0.497 e. The maximum absolute atomic E-state index is 16.4. The normalized spacial score (nSPS) is 28.3. The molecule has 1 aromatic carbocycles. The minimum atomic E-state index is -1.81. The Morgan fingerprint density at radius 3 is 2.41 bits per heavy atom. The lowest BCUT2D eigenvalue weighted by Crippen LogP contribution is -2.58. The molecule has 5 rings (SSSR count). The Morgan fingerprint density at radius 1 is 1.00 bits per heavy atom. The Labute approximate surface area is 271 Å². The summed E-state index contributed by atoms with van der Waals surface area (Å²) in [6, 6.07) is 2.97. The molecule has 6 unspecified atom stereocenters. The quantitative estimate of drug-likeness (QED) is 0.436. The fourth-order valence-electron chi connectivity index (χ4n) is 6.99. The molecule has 10 nitrogen and oxygen atoms in total. The molecule has 1 aliphatic carbocycles. The van der Waals surface area contributed by atoms with Gasteiger partial charge in [0.15, 0.2) is 18.1 Å². The van der Waals surface area contributed by atoms with E-state index in [1.165, 1.54) is 4.90 Å². The van der Waals surface area contributed by atoms with Gasteiger partial charge in [0.25, 0.3) is 0 Å². The molecule has 2 aromatic rings. The lowest BCUT2D eigenvalue weighted by molar-refractivity contribution is -0.143.